The van der Waals surface area contributed by atoms with Crippen molar-refractivity contribution in [3.63, 3.8) is 0 Å². The Balaban J connectivity index is 2.88. The Kier molecular flexibility index (Phi) is 5.33. The summed E-state index contributed by atoms with van der Waals surface area (Å²) in [6.45, 7) is 0.873. The topological polar surface area (TPSA) is 72.5 Å². The van der Waals surface area contributed by atoms with Gasteiger partial charge in [0.05, 0.1) is 3.57 Å². The van der Waals surface area contributed by atoms with Gasteiger partial charge < -0.3 is 15.6 Å². The molecule has 1 atom stereocenters. The van der Waals surface area contributed by atoms with E-state index in [1.54, 1.807) is 18.2 Å². The number of benzene rings is 1. The standard InChI is InChI=1S/C12H15FINO3/c1-12(15,11(16)17)7-8-2-3-9(14)10(6-8)18-5-4-13/h2-3,6H,4-5,7,15H2,1H3,(H,16,17)/t12-/m0/s1. The minimum Gasteiger partial charge on any atom is -0.490 e. The second-order valence-electron chi connectivity index (χ2n) is 4.20. The van der Waals surface area contributed by atoms with E-state index in [1.165, 1.54) is 6.92 Å². The SMILES string of the molecule is C[C@](N)(Cc1ccc(I)c(OCCF)c1)C(=O)O. The van der Waals surface area contributed by atoms with E-state index >= 15 is 0 Å². The van der Waals surface area contributed by atoms with Crippen LogP contribution in [0.4, 0.5) is 4.39 Å². The molecule has 0 aliphatic heterocycles. The number of carbonyl (C=O) groups is 1. The fourth-order valence-electron chi connectivity index (χ4n) is 1.42. The number of nitrogens with two attached hydrogens (primary N) is 1. The van der Waals surface area contributed by atoms with E-state index in [4.69, 9.17) is 15.6 Å². The van der Waals surface area contributed by atoms with Crippen LogP contribution in [0.3, 0.4) is 0 Å². The van der Waals surface area contributed by atoms with Crippen LogP contribution >= 0.6 is 22.6 Å². The van der Waals surface area contributed by atoms with E-state index in [2.05, 4.69) is 22.6 Å². The van der Waals surface area contributed by atoms with Crippen molar-refractivity contribution in [1.82, 2.24) is 0 Å². The van der Waals surface area contributed by atoms with Crippen molar-refractivity contribution < 1.29 is 19.0 Å². The van der Waals surface area contributed by atoms with Gasteiger partial charge in [-0.25, -0.2) is 4.39 Å². The molecule has 6 heteroatoms. The monoisotopic (exact) mass is 367 g/mol. The number of halogens is 2. The van der Waals surface area contributed by atoms with Crippen molar-refractivity contribution in [2.45, 2.75) is 18.9 Å². The molecule has 4 nitrogen and oxygen atoms in total. The summed E-state index contributed by atoms with van der Waals surface area (Å²) in [6, 6.07) is 5.28. The van der Waals surface area contributed by atoms with Crippen molar-refractivity contribution in [2.75, 3.05) is 13.3 Å². The van der Waals surface area contributed by atoms with Crippen LogP contribution in [0, 0.1) is 3.57 Å². The van der Waals surface area contributed by atoms with E-state index in [-0.39, 0.29) is 13.0 Å². The molecule has 0 amide bonds. The zero-order valence-corrected chi connectivity index (χ0v) is 12.1. The van der Waals surface area contributed by atoms with Gasteiger partial charge in [-0.15, -0.1) is 0 Å². The second kappa shape index (κ2) is 6.33. The minimum absolute atomic E-state index is 0.0156. The maximum atomic E-state index is 12.1. The molecule has 0 unspecified atom stereocenters. The molecule has 0 aromatic heterocycles. The molecule has 100 valence electrons. The van der Waals surface area contributed by atoms with Crippen molar-refractivity contribution in [3.05, 3.63) is 27.3 Å². The Hall–Kier alpha value is -0.890. The molecule has 0 spiro atoms. The number of carboxylic acids is 1. The van der Waals surface area contributed by atoms with Gasteiger partial charge in [0.25, 0.3) is 0 Å². The van der Waals surface area contributed by atoms with Gasteiger partial charge in [-0.05, 0) is 47.2 Å². The summed E-state index contributed by atoms with van der Waals surface area (Å²) < 4.78 is 18.1. The van der Waals surface area contributed by atoms with Crippen LogP contribution in [-0.2, 0) is 11.2 Å². The first-order valence-corrected chi connectivity index (χ1v) is 6.44. The molecule has 1 aromatic rings. The van der Waals surface area contributed by atoms with Gasteiger partial charge in [0, 0.05) is 6.42 Å². The molecule has 1 rings (SSSR count). The highest BCUT2D eigenvalue weighted by molar-refractivity contribution is 14.1. The maximum absolute atomic E-state index is 12.1. The normalized spacial score (nSPS) is 14.0. The average molecular weight is 367 g/mol. The average Bonchev–Trinajstić information content (AvgIpc) is 2.29. The Labute approximate surface area is 118 Å². The first-order chi connectivity index (χ1) is 8.36. The molecular formula is C12H15FINO3. The van der Waals surface area contributed by atoms with Gasteiger partial charge in [0.15, 0.2) is 0 Å². The lowest BCUT2D eigenvalue weighted by molar-refractivity contribution is -0.142. The number of ether oxygens (including phenoxy) is 1. The zero-order valence-electron chi connectivity index (χ0n) is 9.95. The third-order valence-corrected chi connectivity index (χ3v) is 3.28. The van der Waals surface area contributed by atoms with Crippen LogP contribution in [0.15, 0.2) is 18.2 Å². The number of alkyl halides is 1. The number of carboxylic acid groups (broad SMARTS) is 1. The second-order valence-corrected chi connectivity index (χ2v) is 5.36. The Morgan fingerprint density at radius 2 is 2.28 bits per heavy atom. The molecule has 0 saturated heterocycles. The molecule has 0 fully saturated rings. The molecule has 1 aromatic carbocycles. The predicted octanol–water partition coefficient (Wildman–Crippen LogP) is 1.98. The van der Waals surface area contributed by atoms with Gasteiger partial charge in [-0.1, -0.05) is 6.07 Å². The van der Waals surface area contributed by atoms with E-state index in [9.17, 15) is 9.18 Å². The van der Waals surface area contributed by atoms with Gasteiger partial charge >= 0.3 is 5.97 Å². The van der Waals surface area contributed by atoms with E-state index in [1.807, 2.05) is 0 Å². The highest BCUT2D eigenvalue weighted by Crippen LogP contribution is 2.24. The number of aliphatic carboxylic acids is 1. The summed E-state index contributed by atoms with van der Waals surface area (Å²) in [5.74, 6) is -0.515. The Bertz CT molecular complexity index is 437. The molecule has 0 bridgehead atoms. The first-order valence-electron chi connectivity index (χ1n) is 5.36. The summed E-state index contributed by atoms with van der Waals surface area (Å²) >= 11 is 2.07. The highest BCUT2D eigenvalue weighted by atomic mass is 127. The lowest BCUT2D eigenvalue weighted by atomic mass is 9.94. The van der Waals surface area contributed by atoms with E-state index in [0.717, 1.165) is 9.13 Å². The fraction of sp³-hybridized carbons (Fsp3) is 0.417. The summed E-state index contributed by atoms with van der Waals surface area (Å²) in [5.41, 5.74) is 5.10. The van der Waals surface area contributed by atoms with Crippen LogP contribution in [0.1, 0.15) is 12.5 Å². The largest absolute Gasteiger partial charge is 0.490 e. The quantitative estimate of drug-likeness (QED) is 0.755. The van der Waals surface area contributed by atoms with Gasteiger partial charge in [0.1, 0.15) is 24.6 Å². The molecular weight excluding hydrogens is 352 g/mol. The summed E-state index contributed by atoms with van der Waals surface area (Å²) in [7, 11) is 0. The van der Waals surface area contributed by atoms with E-state index < -0.39 is 18.2 Å². The summed E-state index contributed by atoms with van der Waals surface area (Å²) in [4.78, 5) is 10.9. The molecule has 18 heavy (non-hydrogen) atoms. The van der Waals surface area contributed by atoms with Crippen molar-refractivity contribution in [1.29, 1.82) is 0 Å². The number of rotatable bonds is 6. The molecule has 0 heterocycles. The van der Waals surface area contributed by atoms with Crippen LogP contribution in [0.5, 0.6) is 5.75 Å². The summed E-state index contributed by atoms with van der Waals surface area (Å²) in [6.07, 6.45) is 0.186. The number of hydrogen-bond donors (Lipinski definition) is 2. The molecule has 0 aliphatic carbocycles. The molecule has 0 saturated carbocycles. The van der Waals surface area contributed by atoms with Crippen LogP contribution in [0.2, 0.25) is 0 Å². The van der Waals surface area contributed by atoms with Crippen LogP contribution in [0.25, 0.3) is 0 Å². The van der Waals surface area contributed by atoms with Gasteiger partial charge in [-0.2, -0.15) is 0 Å². The van der Waals surface area contributed by atoms with Crippen molar-refractivity contribution in [3.8, 4) is 5.75 Å². The third-order valence-electron chi connectivity index (χ3n) is 2.39. The third kappa shape index (κ3) is 4.09. The smallest absolute Gasteiger partial charge is 0.323 e. The highest BCUT2D eigenvalue weighted by Gasteiger charge is 2.28. The first kappa shape index (κ1) is 15.2. The van der Waals surface area contributed by atoms with Gasteiger partial charge in [-0.3, -0.25) is 4.79 Å². The van der Waals surface area contributed by atoms with Crippen molar-refractivity contribution >= 4 is 28.6 Å². The Morgan fingerprint density at radius 1 is 1.61 bits per heavy atom. The molecule has 0 radical (unpaired) electrons. The van der Waals surface area contributed by atoms with Crippen molar-refractivity contribution in [2.24, 2.45) is 5.73 Å². The number of hydrogen-bond acceptors (Lipinski definition) is 3. The fourth-order valence-corrected chi connectivity index (χ4v) is 1.91. The summed E-state index contributed by atoms with van der Waals surface area (Å²) in [5, 5.41) is 8.96. The van der Waals surface area contributed by atoms with E-state index in [0.29, 0.717) is 5.75 Å². The van der Waals surface area contributed by atoms with Crippen LogP contribution < -0.4 is 10.5 Å². The molecule has 0 aliphatic rings. The van der Waals surface area contributed by atoms with Crippen LogP contribution in [-0.4, -0.2) is 29.9 Å². The predicted molar refractivity (Wildman–Crippen MR) is 74.6 cm³/mol. The Morgan fingerprint density at radius 3 is 2.83 bits per heavy atom. The van der Waals surface area contributed by atoms with Gasteiger partial charge in [0.2, 0.25) is 0 Å². The lowest BCUT2D eigenvalue weighted by Gasteiger charge is -2.19. The lowest BCUT2D eigenvalue weighted by Crippen LogP contribution is -2.46. The minimum atomic E-state index is -1.33. The molecule has 3 N–H and O–H groups in total. The maximum Gasteiger partial charge on any atom is 0.323 e. The zero-order chi connectivity index (χ0) is 13.8.